The van der Waals surface area contributed by atoms with E-state index in [1.807, 2.05) is 19.1 Å². The van der Waals surface area contributed by atoms with E-state index >= 15 is 0 Å². The normalized spacial score (nSPS) is 16.1. The van der Waals surface area contributed by atoms with Gasteiger partial charge >= 0.3 is 0 Å². The Hall–Kier alpha value is -2.87. The predicted octanol–water partition coefficient (Wildman–Crippen LogP) is 3.04. The van der Waals surface area contributed by atoms with Crippen LogP contribution in [0.2, 0.25) is 0 Å². The van der Waals surface area contributed by atoms with Gasteiger partial charge < -0.3 is 5.32 Å². The smallest absolute Gasteiger partial charge is 0.252 e. The topological polar surface area (TPSA) is 89.8 Å². The first-order chi connectivity index (χ1) is 12.5. The van der Waals surface area contributed by atoms with Crippen LogP contribution in [0.15, 0.2) is 47.2 Å². The SMILES string of the molecule is Cc1nn(-c2ncccn2)c2c1[C@@H](C(=O)c1ccc(Br)cc1)CC(=O)N2. The maximum atomic E-state index is 13.1. The zero-order valence-corrected chi connectivity index (χ0v) is 15.4. The standard InChI is InChI=1S/C18H14BrN5O2/c1-10-15-13(16(26)11-3-5-12(19)6-4-11)9-14(25)22-17(15)24(23-10)18-20-7-2-8-21-18/h2-8,13H,9H2,1H3,(H,22,25)/t13-/m0/s1. The van der Waals surface area contributed by atoms with Gasteiger partial charge in [0.2, 0.25) is 5.91 Å². The molecule has 1 aromatic carbocycles. The zero-order chi connectivity index (χ0) is 18.3. The minimum absolute atomic E-state index is 0.0874. The summed E-state index contributed by atoms with van der Waals surface area (Å²) in [7, 11) is 0. The molecule has 0 aliphatic carbocycles. The van der Waals surface area contributed by atoms with Crippen molar-refractivity contribution in [3.05, 3.63) is 64.0 Å². The highest BCUT2D eigenvalue weighted by Crippen LogP contribution is 2.37. The summed E-state index contributed by atoms with van der Waals surface area (Å²) in [4.78, 5) is 33.7. The van der Waals surface area contributed by atoms with Crippen LogP contribution in [0, 0.1) is 6.92 Å². The largest absolute Gasteiger partial charge is 0.310 e. The Bertz CT molecular complexity index is 998. The molecule has 0 bridgehead atoms. The third-order valence-corrected chi connectivity index (χ3v) is 4.82. The summed E-state index contributed by atoms with van der Waals surface area (Å²) >= 11 is 3.36. The highest BCUT2D eigenvalue weighted by atomic mass is 79.9. The number of nitrogens with one attached hydrogen (secondary N) is 1. The lowest BCUT2D eigenvalue weighted by Crippen LogP contribution is -2.28. The van der Waals surface area contributed by atoms with Gasteiger partial charge in [-0.15, -0.1) is 0 Å². The van der Waals surface area contributed by atoms with E-state index in [0.717, 1.165) is 4.47 Å². The highest BCUT2D eigenvalue weighted by molar-refractivity contribution is 9.10. The van der Waals surface area contributed by atoms with Gasteiger partial charge in [-0.05, 0) is 25.1 Å². The van der Waals surface area contributed by atoms with Gasteiger partial charge in [0.1, 0.15) is 5.82 Å². The van der Waals surface area contributed by atoms with Crippen molar-refractivity contribution in [2.45, 2.75) is 19.3 Å². The summed E-state index contributed by atoms with van der Waals surface area (Å²) in [5.74, 6) is -0.123. The Labute approximate surface area is 157 Å². The molecule has 3 aromatic rings. The fourth-order valence-electron chi connectivity index (χ4n) is 3.13. The van der Waals surface area contributed by atoms with E-state index < -0.39 is 5.92 Å². The molecule has 1 N–H and O–H groups in total. The van der Waals surface area contributed by atoms with E-state index in [0.29, 0.717) is 28.6 Å². The highest BCUT2D eigenvalue weighted by Gasteiger charge is 2.36. The number of halogens is 1. The molecule has 7 nitrogen and oxygen atoms in total. The fraction of sp³-hybridized carbons (Fsp3) is 0.167. The van der Waals surface area contributed by atoms with Crippen molar-refractivity contribution >= 4 is 33.4 Å². The summed E-state index contributed by atoms with van der Waals surface area (Å²) in [6.45, 7) is 1.82. The Morgan fingerprint density at radius 1 is 1.23 bits per heavy atom. The number of ketones is 1. The molecule has 1 aliphatic heterocycles. The van der Waals surface area contributed by atoms with Crippen molar-refractivity contribution in [2.24, 2.45) is 0 Å². The van der Waals surface area contributed by atoms with E-state index in [9.17, 15) is 9.59 Å². The fourth-order valence-corrected chi connectivity index (χ4v) is 3.40. The number of hydrogen-bond acceptors (Lipinski definition) is 5. The maximum Gasteiger partial charge on any atom is 0.252 e. The maximum absolute atomic E-state index is 13.1. The molecule has 1 amide bonds. The van der Waals surface area contributed by atoms with Crippen LogP contribution in [0.1, 0.15) is 34.0 Å². The zero-order valence-electron chi connectivity index (χ0n) is 13.8. The first-order valence-corrected chi connectivity index (χ1v) is 8.80. The average molecular weight is 412 g/mol. The molecule has 0 spiro atoms. The van der Waals surface area contributed by atoms with Crippen LogP contribution < -0.4 is 5.32 Å². The summed E-state index contributed by atoms with van der Waals surface area (Å²) < 4.78 is 2.37. The average Bonchev–Trinajstić information content (AvgIpc) is 2.98. The molecular formula is C18H14BrN5O2. The summed E-state index contributed by atoms with van der Waals surface area (Å²) in [6, 6.07) is 8.82. The quantitative estimate of drug-likeness (QED) is 0.668. The summed E-state index contributed by atoms with van der Waals surface area (Å²) in [5, 5.41) is 7.27. The second kappa shape index (κ2) is 6.45. The molecule has 0 radical (unpaired) electrons. The monoisotopic (exact) mass is 411 g/mol. The number of benzene rings is 1. The molecule has 2 aromatic heterocycles. The third kappa shape index (κ3) is 2.82. The number of amides is 1. The first kappa shape index (κ1) is 16.6. The first-order valence-electron chi connectivity index (χ1n) is 8.01. The Morgan fingerprint density at radius 3 is 2.62 bits per heavy atom. The number of carbonyl (C=O) groups is 2. The number of Topliss-reactive ketones (excluding diaryl/α,β-unsaturated/α-hetero) is 1. The van der Waals surface area contributed by atoms with Gasteiger partial charge in [-0.25, -0.2) is 9.97 Å². The van der Waals surface area contributed by atoms with E-state index in [1.54, 1.807) is 30.6 Å². The van der Waals surface area contributed by atoms with E-state index in [1.165, 1.54) is 4.68 Å². The molecule has 3 heterocycles. The molecular weight excluding hydrogens is 398 g/mol. The molecule has 0 fully saturated rings. The van der Waals surface area contributed by atoms with Crippen molar-refractivity contribution < 1.29 is 9.59 Å². The Morgan fingerprint density at radius 2 is 1.92 bits per heavy atom. The second-order valence-corrected chi connectivity index (χ2v) is 6.90. The van der Waals surface area contributed by atoms with Crippen LogP contribution >= 0.6 is 15.9 Å². The van der Waals surface area contributed by atoms with Gasteiger partial charge in [-0.3, -0.25) is 9.59 Å². The van der Waals surface area contributed by atoms with E-state index in [2.05, 4.69) is 36.3 Å². The summed E-state index contributed by atoms with van der Waals surface area (Å²) in [6.07, 6.45) is 3.28. The van der Waals surface area contributed by atoms with Crippen LogP contribution in [0.3, 0.4) is 0 Å². The van der Waals surface area contributed by atoms with E-state index in [4.69, 9.17) is 0 Å². The third-order valence-electron chi connectivity index (χ3n) is 4.29. The van der Waals surface area contributed by atoms with Crippen LogP contribution in [-0.2, 0) is 4.79 Å². The second-order valence-electron chi connectivity index (χ2n) is 5.98. The lowest BCUT2D eigenvalue weighted by molar-refractivity contribution is -0.116. The minimum Gasteiger partial charge on any atom is -0.310 e. The van der Waals surface area contributed by atoms with Gasteiger partial charge in [0.05, 0.1) is 11.6 Å². The van der Waals surface area contributed by atoms with Crippen LogP contribution in [0.25, 0.3) is 5.95 Å². The molecule has 26 heavy (non-hydrogen) atoms. The molecule has 130 valence electrons. The molecule has 0 unspecified atom stereocenters. The molecule has 4 rings (SSSR count). The number of rotatable bonds is 3. The van der Waals surface area contributed by atoms with Crippen molar-refractivity contribution in [1.29, 1.82) is 0 Å². The van der Waals surface area contributed by atoms with Gasteiger partial charge in [0, 0.05) is 34.4 Å². The minimum atomic E-state index is -0.586. The lowest BCUT2D eigenvalue weighted by Gasteiger charge is -2.22. The number of hydrogen-bond donors (Lipinski definition) is 1. The van der Waals surface area contributed by atoms with Gasteiger partial charge in [0.15, 0.2) is 5.78 Å². The number of nitrogens with zero attached hydrogens (tertiary/aromatic N) is 4. The Balaban J connectivity index is 1.81. The van der Waals surface area contributed by atoms with Crippen LogP contribution in [0.4, 0.5) is 5.82 Å². The predicted molar refractivity (Wildman–Crippen MR) is 98.4 cm³/mol. The number of fused-ring (bicyclic) bond motifs is 1. The van der Waals surface area contributed by atoms with Crippen molar-refractivity contribution in [1.82, 2.24) is 19.7 Å². The lowest BCUT2D eigenvalue weighted by atomic mass is 9.85. The summed E-state index contributed by atoms with van der Waals surface area (Å²) in [5.41, 5.74) is 1.94. The molecule has 0 saturated carbocycles. The molecule has 1 aliphatic rings. The number of aromatic nitrogens is 4. The van der Waals surface area contributed by atoms with Crippen molar-refractivity contribution in [3.8, 4) is 5.95 Å². The number of anilines is 1. The van der Waals surface area contributed by atoms with Crippen molar-refractivity contribution in [3.63, 3.8) is 0 Å². The van der Waals surface area contributed by atoms with E-state index in [-0.39, 0.29) is 18.1 Å². The van der Waals surface area contributed by atoms with Gasteiger partial charge in [0.25, 0.3) is 5.95 Å². The van der Waals surface area contributed by atoms with Crippen LogP contribution in [0.5, 0.6) is 0 Å². The van der Waals surface area contributed by atoms with Gasteiger partial charge in [-0.2, -0.15) is 9.78 Å². The van der Waals surface area contributed by atoms with Crippen molar-refractivity contribution in [2.75, 3.05) is 5.32 Å². The Kier molecular flexibility index (Phi) is 4.12. The number of aryl methyl sites for hydroxylation is 1. The molecule has 1 atom stereocenters. The van der Waals surface area contributed by atoms with Crippen LogP contribution in [-0.4, -0.2) is 31.4 Å². The molecule has 8 heteroatoms. The number of carbonyl (C=O) groups excluding carboxylic acids is 2. The van der Waals surface area contributed by atoms with Gasteiger partial charge in [-0.1, -0.05) is 28.1 Å². The molecule has 0 saturated heterocycles.